The van der Waals surface area contributed by atoms with Crippen molar-refractivity contribution in [1.29, 1.82) is 0 Å². The van der Waals surface area contributed by atoms with Crippen LogP contribution < -0.4 is 5.56 Å². The van der Waals surface area contributed by atoms with Gasteiger partial charge in [0.05, 0.1) is 22.8 Å². The van der Waals surface area contributed by atoms with Gasteiger partial charge in [-0.15, -0.1) is 11.3 Å². The Morgan fingerprint density at radius 3 is 2.26 bits per heavy atom. The van der Waals surface area contributed by atoms with Gasteiger partial charge in [0.25, 0.3) is 17.4 Å². The van der Waals surface area contributed by atoms with Gasteiger partial charge in [0.1, 0.15) is 16.3 Å². The number of carbonyl (C=O) groups excluding carboxylic acids is 3. The molecule has 0 fully saturated rings. The summed E-state index contributed by atoms with van der Waals surface area (Å²) >= 11 is 1.11. The number of fused-ring (bicyclic) bond motifs is 2. The minimum Gasteiger partial charge on any atom is -0.457 e. The molecule has 0 radical (unpaired) electrons. The summed E-state index contributed by atoms with van der Waals surface area (Å²) in [4.78, 5) is 57.2. The van der Waals surface area contributed by atoms with Crippen LogP contribution in [0.25, 0.3) is 10.2 Å². The van der Waals surface area contributed by atoms with E-state index in [0.717, 1.165) is 21.8 Å². The van der Waals surface area contributed by atoms with E-state index >= 15 is 0 Å². The Bertz CT molecular complexity index is 1470. The van der Waals surface area contributed by atoms with Crippen LogP contribution in [0.3, 0.4) is 0 Å². The van der Waals surface area contributed by atoms with Crippen molar-refractivity contribution in [2.75, 3.05) is 6.54 Å². The molecule has 9 heteroatoms. The molecular weight excluding hydrogens is 454 g/mol. The summed E-state index contributed by atoms with van der Waals surface area (Å²) in [5.41, 5.74) is 1.76. The minimum atomic E-state index is -0.513. The number of thiophene rings is 1. The highest BCUT2D eigenvalue weighted by atomic mass is 32.1. The highest BCUT2D eigenvalue weighted by Crippen LogP contribution is 2.28. The normalized spacial score (nSPS) is 12.9. The van der Waals surface area contributed by atoms with Gasteiger partial charge in [-0.2, -0.15) is 0 Å². The number of aryl methyl sites for hydroxylation is 1. The fourth-order valence-electron chi connectivity index (χ4n) is 3.95. The van der Waals surface area contributed by atoms with E-state index in [1.54, 1.807) is 31.2 Å². The van der Waals surface area contributed by atoms with Crippen molar-refractivity contribution in [3.63, 3.8) is 0 Å². The number of amides is 2. The van der Waals surface area contributed by atoms with Gasteiger partial charge in [-0.1, -0.05) is 42.5 Å². The summed E-state index contributed by atoms with van der Waals surface area (Å²) in [6.07, 6.45) is 1.37. The molecule has 1 aliphatic rings. The highest BCUT2D eigenvalue weighted by molar-refractivity contribution is 7.20. The van der Waals surface area contributed by atoms with E-state index in [1.165, 1.54) is 10.9 Å². The van der Waals surface area contributed by atoms with E-state index in [2.05, 4.69) is 4.98 Å². The van der Waals surface area contributed by atoms with Crippen LogP contribution in [0.5, 0.6) is 0 Å². The molecule has 0 saturated heterocycles. The summed E-state index contributed by atoms with van der Waals surface area (Å²) in [7, 11) is 0. The maximum Gasteiger partial charge on any atom is 0.349 e. The lowest BCUT2D eigenvalue weighted by Crippen LogP contribution is -2.35. The number of imide groups is 1. The van der Waals surface area contributed by atoms with Crippen molar-refractivity contribution in [2.45, 2.75) is 20.1 Å². The van der Waals surface area contributed by atoms with Gasteiger partial charge in [-0.25, -0.2) is 9.78 Å². The Morgan fingerprint density at radius 2 is 1.59 bits per heavy atom. The van der Waals surface area contributed by atoms with Crippen molar-refractivity contribution in [3.8, 4) is 0 Å². The molecule has 0 N–H and O–H groups in total. The zero-order valence-electron chi connectivity index (χ0n) is 18.2. The average Bonchev–Trinajstić information content (AvgIpc) is 3.32. The van der Waals surface area contributed by atoms with Crippen LogP contribution in [0.4, 0.5) is 0 Å². The molecule has 8 nitrogen and oxygen atoms in total. The summed E-state index contributed by atoms with van der Waals surface area (Å²) < 4.78 is 6.77. The molecule has 2 aromatic heterocycles. The lowest BCUT2D eigenvalue weighted by atomic mass is 10.1. The number of rotatable bonds is 6. The fraction of sp³-hybridized carbons (Fsp3) is 0.160. The number of hydrogen-bond donors (Lipinski definition) is 0. The first-order valence-corrected chi connectivity index (χ1v) is 11.4. The van der Waals surface area contributed by atoms with Crippen LogP contribution >= 0.6 is 11.3 Å². The number of aromatic nitrogens is 2. The topological polar surface area (TPSA) is 98.6 Å². The van der Waals surface area contributed by atoms with Gasteiger partial charge in [0.2, 0.25) is 0 Å². The molecule has 1 aliphatic heterocycles. The molecular formula is C25H19N3O5S. The second kappa shape index (κ2) is 8.68. The molecule has 0 bridgehead atoms. The van der Waals surface area contributed by atoms with Gasteiger partial charge >= 0.3 is 5.97 Å². The maximum absolute atomic E-state index is 13.1. The third kappa shape index (κ3) is 3.69. The molecule has 0 spiro atoms. The fourth-order valence-corrected chi connectivity index (χ4v) is 4.98. The third-order valence-corrected chi connectivity index (χ3v) is 6.94. The number of benzene rings is 2. The first kappa shape index (κ1) is 21.7. The molecule has 0 unspecified atom stereocenters. The average molecular weight is 474 g/mol. The zero-order chi connectivity index (χ0) is 23.8. The molecule has 34 heavy (non-hydrogen) atoms. The number of carbonyl (C=O) groups is 3. The Balaban J connectivity index is 1.35. The Hall–Kier alpha value is -4.11. The Kier molecular flexibility index (Phi) is 5.54. The molecule has 0 saturated carbocycles. The van der Waals surface area contributed by atoms with Crippen molar-refractivity contribution in [3.05, 3.63) is 98.4 Å². The molecule has 170 valence electrons. The predicted molar refractivity (Wildman–Crippen MR) is 126 cm³/mol. The number of hydrogen-bond acceptors (Lipinski definition) is 7. The summed E-state index contributed by atoms with van der Waals surface area (Å²) in [6, 6.07) is 16.0. The Labute approximate surface area is 198 Å². The number of ether oxygens (including phenoxy) is 1. The van der Waals surface area contributed by atoms with Crippen LogP contribution in [0.15, 0.2) is 65.7 Å². The van der Waals surface area contributed by atoms with Crippen molar-refractivity contribution >= 4 is 39.3 Å². The lowest BCUT2D eigenvalue weighted by Gasteiger charge is -2.14. The van der Waals surface area contributed by atoms with Gasteiger partial charge < -0.3 is 4.74 Å². The largest absolute Gasteiger partial charge is 0.457 e. The highest BCUT2D eigenvalue weighted by Gasteiger charge is 2.34. The summed E-state index contributed by atoms with van der Waals surface area (Å²) in [6.45, 7) is 1.95. The second-order valence-corrected chi connectivity index (χ2v) is 8.85. The monoisotopic (exact) mass is 473 g/mol. The molecule has 3 heterocycles. The molecule has 5 rings (SSSR count). The van der Waals surface area contributed by atoms with E-state index in [0.29, 0.717) is 31.8 Å². The van der Waals surface area contributed by atoms with E-state index in [-0.39, 0.29) is 37.1 Å². The molecule has 2 amide bonds. The van der Waals surface area contributed by atoms with E-state index < -0.39 is 5.97 Å². The number of esters is 1. The smallest absolute Gasteiger partial charge is 0.349 e. The van der Waals surface area contributed by atoms with E-state index in [4.69, 9.17) is 4.74 Å². The predicted octanol–water partition coefficient (Wildman–Crippen LogP) is 3.42. The molecule has 4 aromatic rings. The summed E-state index contributed by atoms with van der Waals surface area (Å²) in [5.74, 6) is -1.27. The van der Waals surface area contributed by atoms with Crippen LogP contribution in [0.1, 0.15) is 41.5 Å². The second-order valence-electron chi connectivity index (χ2n) is 7.85. The molecule has 0 atom stereocenters. The summed E-state index contributed by atoms with van der Waals surface area (Å²) in [5, 5.41) is 0.335. The quantitative estimate of drug-likeness (QED) is 0.314. The molecule has 2 aromatic carbocycles. The van der Waals surface area contributed by atoms with Crippen molar-refractivity contribution in [2.24, 2.45) is 0 Å². The maximum atomic E-state index is 13.1. The number of nitrogens with zero attached hydrogens (tertiary/aromatic N) is 3. The van der Waals surface area contributed by atoms with Crippen molar-refractivity contribution in [1.82, 2.24) is 14.5 Å². The van der Waals surface area contributed by atoms with E-state index in [9.17, 15) is 19.2 Å². The van der Waals surface area contributed by atoms with Crippen LogP contribution in [0.2, 0.25) is 0 Å². The standard InChI is InChI=1S/C25H19N3O5S/c1-15-19-21(34-20(15)25(32)33-13-16-7-3-2-4-8-16)26-14-27(24(19)31)11-12-28-22(29)17-9-5-6-10-18(17)23(28)30/h2-10,14H,11-13H2,1H3. The minimum absolute atomic E-state index is 0.0363. The van der Waals surface area contributed by atoms with E-state index in [1.807, 2.05) is 30.3 Å². The van der Waals surface area contributed by atoms with Crippen LogP contribution in [-0.2, 0) is 17.9 Å². The first-order valence-electron chi connectivity index (χ1n) is 10.6. The van der Waals surface area contributed by atoms with Gasteiger partial charge in [0, 0.05) is 13.1 Å². The SMILES string of the molecule is Cc1c(C(=O)OCc2ccccc2)sc2ncn(CCN3C(=O)c4ccccc4C3=O)c(=O)c12. The van der Waals surface area contributed by atoms with Crippen LogP contribution in [-0.4, -0.2) is 38.8 Å². The van der Waals surface area contributed by atoms with Crippen LogP contribution in [0, 0.1) is 6.92 Å². The third-order valence-electron chi connectivity index (χ3n) is 5.76. The molecule has 0 aliphatic carbocycles. The first-order chi connectivity index (χ1) is 16.5. The lowest BCUT2D eigenvalue weighted by molar-refractivity contribution is 0.0477. The zero-order valence-corrected chi connectivity index (χ0v) is 19.0. The van der Waals surface area contributed by atoms with Gasteiger partial charge in [0.15, 0.2) is 0 Å². The van der Waals surface area contributed by atoms with Crippen molar-refractivity contribution < 1.29 is 19.1 Å². The Morgan fingerprint density at radius 1 is 0.941 bits per heavy atom. The van der Waals surface area contributed by atoms with Gasteiger partial charge in [-0.05, 0) is 30.2 Å². The van der Waals surface area contributed by atoms with Gasteiger partial charge in [-0.3, -0.25) is 23.9 Å².